The molecule has 2 rings (SSSR count). The number of carbonyl (C=O) groups excluding carboxylic acids is 1. The van der Waals surface area contributed by atoms with Crippen LogP contribution in [0.15, 0.2) is 40.1 Å². The number of carbonyl (C=O) groups is 1. The zero-order valence-corrected chi connectivity index (χ0v) is 13.4. The van der Waals surface area contributed by atoms with Gasteiger partial charge < -0.3 is 5.32 Å². The van der Waals surface area contributed by atoms with E-state index in [1.54, 1.807) is 42.1 Å². The Morgan fingerprint density at radius 3 is 2.57 bits per heavy atom. The lowest BCUT2D eigenvalue weighted by Gasteiger charge is -2.13. The summed E-state index contributed by atoms with van der Waals surface area (Å²) in [7, 11) is -3.42. The molecule has 0 aliphatic rings. The van der Waals surface area contributed by atoms with Gasteiger partial charge in [0.25, 0.3) is 5.91 Å². The predicted octanol–water partition coefficient (Wildman–Crippen LogP) is 2.04. The van der Waals surface area contributed by atoms with E-state index in [1.165, 1.54) is 11.3 Å². The van der Waals surface area contributed by atoms with Crippen molar-refractivity contribution in [2.45, 2.75) is 24.8 Å². The maximum atomic E-state index is 12.3. The third-order valence-corrected chi connectivity index (χ3v) is 5.41. The lowest BCUT2D eigenvalue weighted by Crippen LogP contribution is -2.37. The van der Waals surface area contributed by atoms with E-state index in [9.17, 15) is 13.2 Å². The molecule has 112 valence electrons. The summed E-state index contributed by atoms with van der Waals surface area (Å²) in [4.78, 5) is 16.0. The number of hydrogen-bond acceptors (Lipinski definition) is 5. The third kappa shape index (κ3) is 4.12. The van der Waals surface area contributed by atoms with Crippen molar-refractivity contribution in [1.82, 2.24) is 10.3 Å². The number of rotatable bonds is 5. The van der Waals surface area contributed by atoms with Gasteiger partial charge >= 0.3 is 0 Å². The highest BCUT2D eigenvalue weighted by Crippen LogP contribution is 2.13. The minimum absolute atomic E-state index is 0.147. The van der Waals surface area contributed by atoms with Crippen LogP contribution in [-0.4, -0.2) is 31.1 Å². The second-order valence-corrected chi connectivity index (χ2v) is 7.60. The summed E-state index contributed by atoms with van der Waals surface area (Å²) in [5, 5.41) is 4.27. The van der Waals surface area contributed by atoms with E-state index in [-0.39, 0.29) is 16.6 Å². The zero-order valence-electron chi connectivity index (χ0n) is 11.7. The Labute approximate surface area is 128 Å². The molecule has 0 aliphatic heterocycles. The normalized spacial score (nSPS) is 12.9. The average Bonchev–Trinajstić information content (AvgIpc) is 2.92. The summed E-state index contributed by atoms with van der Waals surface area (Å²) in [6.07, 6.45) is 0. The fraction of sp³-hybridized carbons (Fsp3) is 0.286. The SMILES string of the molecule is Cc1ccc(S(=O)(=O)C[C@H](C)NC(=O)c2cscn2)cc1. The summed E-state index contributed by atoms with van der Waals surface area (Å²) < 4.78 is 24.5. The summed E-state index contributed by atoms with van der Waals surface area (Å²) in [5.74, 6) is -0.505. The first kappa shape index (κ1) is 15.7. The number of nitrogens with one attached hydrogen (secondary N) is 1. The first-order valence-electron chi connectivity index (χ1n) is 6.37. The maximum Gasteiger partial charge on any atom is 0.270 e. The van der Waals surface area contributed by atoms with Crippen LogP contribution in [0.1, 0.15) is 23.0 Å². The van der Waals surface area contributed by atoms with E-state index >= 15 is 0 Å². The molecule has 2 aromatic rings. The van der Waals surface area contributed by atoms with Crippen molar-refractivity contribution in [3.63, 3.8) is 0 Å². The highest BCUT2D eigenvalue weighted by atomic mass is 32.2. The standard InChI is InChI=1S/C14H16N2O3S2/c1-10-3-5-12(6-4-10)21(18,19)8-11(2)16-14(17)13-7-20-9-15-13/h3-7,9,11H,8H2,1-2H3,(H,16,17)/t11-/m0/s1. The Hall–Kier alpha value is -1.73. The molecule has 0 fully saturated rings. The largest absolute Gasteiger partial charge is 0.347 e. The molecule has 21 heavy (non-hydrogen) atoms. The van der Waals surface area contributed by atoms with Crippen molar-refractivity contribution in [1.29, 1.82) is 0 Å². The summed E-state index contributed by atoms with van der Waals surface area (Å²) >= 11 is 1.32. The van der Waals surface area contributed by atoms with Crippen LogP contribution in [0, 0.1) is 6.92 Å². The predicted molar refractivity (Wildman–Crippen MR) is 82.3 cm³/mol. The number of aryl methyl sites for hydroxylation is 1. The Bertz CT molecular complexity index is 707. The highest BCUT2D eigenvalue weighted by molar-refractivity contribution is 7.91. The van der Waals surface area contributed by atoms with Crippen LogP contribution in [-0.2, 0) is 9.84 Å². The molecule has 1 aromatic carbocycles. The van der Waals surface area contributed by atoms with Gasteiger partial charge in [0.05, 0.1) is 16.2 Å². The van der Waals surface area contributed by atoms with Gasteiger partial charge in [-0.1, -0.05) is 17.7 Å². The average molecular weight is 324 g/mol. The lowest BCUT2D eigenvalue weighted by atomic mass is 10.2. The van der Waals surface area contributed by atoms with Crippen LogP contribution >= 0.6 is 11.3 Å². The number of amides is 1. The number of thiazole rings is 1. The van der Waals surface area contributed by atoms with E-state index in [4.69, 9.17) is 0 Å². The Morgan fingerprint density at radius 1 is 1.33 bits per heavy atom. The number of benzene rings is 1. The number of hydrogen-bond donors (Lipinski definition) is 1. The Morgan fingerprint density at radius 2 is 2.00 bits per heavy atom. The Balaban J connectivity index is 2.03. The molecule has 0 saturated heterocycles. The second-order valence-electron chi connectivity index (χ2n) is 4.84. The molecule has 1 amide bonds. The summed E-state index contributed by atoms with van der Waals surface area (Å²) in [6, 6.07) is 6.18. The van der Waals surface area contributed by atoms with Crippen LogP contribution < -0.4 is 5.32 Å². The topological polar surface area (TPSA) is 76.1 Å². The molecule has 1 atom stereocenters. The zero-order chi connectivity index (χ0) is 15.5. The van der Waals surface area contributed by atoms with E-state index in [1.807, 2.05) is 6.92 Å². The van der Waals surface area contributed by atoms with Crippen molar-refractivity contribution >= 4 is 27.1 Å². The summed E-state index contributed by atoms with van der Waals surface area (Å²) in [5.41, 5.74) is 2.86. The first-order chi connectivity index (χ1) is 9.88. The van der Waals surface area contributed by atoms with E-state index < -0.39 is 15.9 Å². The molecule has 0 bridgehead atoms. The fourth-order valence-electron chi connectivity index (χ4n) is 1.84. The fourth-order valence-corrected chi connectivity index (χ4v) is 3.85. The molecular formula is C14H16N2O3S2. The maximum absolute atomic E-state index is 12.3. The van der Waals surface area contributed by atoms with Crippen molar-refractivity contribution in [2.24, 2.45) is 0 Å². The second kappa shape index (κ2) is 6.36. The molecule has 7 heteroatoms. The lowest BCUT2D eigenvalue weighted by molar-refractivity contribution is 0.0939. The highest BCUT2D eigenvalue weighted by Gasteiger charge is 2.20. The van der Waals surface area contributed by atoms with Gasteiger partial charge in [-0.05, 0) is 26.0 Å². The monoisotopic (exact) mass is 324 g/mol. The van der Waals surface area contributed by atoms with E-state index in [2.05, 4.69) is 10.3 Å². The van der Waals surface area contributed by atoms with Gasteiger partial charge in [0.1, 0.15) is 5.69 Å². The van der Waals surface area contributed by atoms with Gasteiger partial charge in [0.15, 0.2) is 9.84 Å². The van der Waals surface area contributed by atoms with Crippen LogP contribution in [0.25, 0.3) is 0 Å². The van der Waals surface area contributed by atoms with Crippen molar-refractivity contribution in [2.75, 3.05) is 5.75 Å². The summed E-state index contributed by atoms with van der Waals surface area (Å²) in [6.45, 7) is 3.56. The molecule has 0 aliphatic carbocycles. The molecule has 1 heterocycles. The Kier molecular flexibility index (Phi) is 4.74. The quantitative estimate of drug-likeness (QED) is 0.913. The number of sulfone groups is 1. The molecular weight excluding hydrogens is 308 g/mol. The van der Waals surface area contributed by atoms with Gasteiger partial charge in [-0.3, -0.25) is 4.79 Å². The first-order valence-corrected chi connectivity index (χ1v) is 8.96. The number of aromatic nitrogens is 1. The molecule has 0 spiro atoms. The van der Waals surface area contributed by atoms with Crippen LogP contribution in [0.2, 0.25) is 0 Å². The molecule has 5 nitrogen and oxygen atoms in total. The van der Waals surface area contributed by atoms with Crippen molar-refractivity contribution < 1.29 is 13.2 Å². The van der Waals surface area contributed by atoms with Crippen LogP contribution in [0.4, 0.5) is 0 Å². The van der Waals surface area contributed by atoms with E-state index in [0.717, 1.165) is 5.56 Å². The molecule has 1 N–H and O–H groups in total. The van der Waals surface area contributed by atoms with Gasteiger partial charge in [-0.15, -0.1) is 11.3 Å². The van der Waals surface area contributed by atoms with Gasteiger partial charge in [0.2, 0.25) is 0 Å². The van der Waals surface area contributed by atoms with Crippen LogP contribution in [0.3, 0.4) is 0 Å². The van der Waals surface area contributed by atoms with Crippen molar-refractivity contribution in [3.8, 4) is 0 Å². The van der Waals surface area contributed by atoms with Gasteiger partial charge in [-0.25, -0.2) is 13.4 Å². The molecule has 0 unspecified atom stereocenters. The van der Waals surface area contributed by atoms with E-state index in [0.29, 0.717) is 5.69 Å². The van der Waals surface area contributed by atoms with Crippen LogP contribution in [0.5, 0.6) is 0 Å². The smallest absolute Gasteiger partial charge is 0.270 e. The molecule has 0 radical (unpaired) electrons. The van der Waals surface area contributed by atoms with Gasteiger partial charge in [0, 0.05) is 11.4 Å². The number of nitrogens with zero attached hydrogens (tertiary/aromatic N) is 1. The minimum atomic E-state index is -3.42. The third-order valence-electron chi connectivity index (χ3n) is 2.89. The van der Waals surface area contributed by atoms with Crippen molar-refractivity contribution in [3.05, 3.63) is 46.4 Å². The van der Waals surface area contributed by atoms with Gasteiger partial charge in [-0.2, -0.15) is 0 Å². The molecule has 1 aromatic heterocycles. The molecule has 0 saturated carbocycles. The minimum Gasteiger partial charge on any atom is -0.347 e.